The first-order chi connectivity index (χ1) is 13.5. The fourth-order valence-electron chi connectivity index (χ4n) is 3.10. The predicted octanol–water partition coefficient (Wildman–Crippen LogP) is 4.81. The molecule has 0 saturated heterocycles. The summed E-state index contributed by atoms with van der Waals surface area (Å²) in [5.74, 6) is -1.07. The second kappa shape index (κ2) is 14.3. The summed E-state index contributed by atoms with van der Waals surface area (Å²) in [6.45, 7) is 12.0. The first-order valence-corrected chi connectivity index (χ1v) is 10.8. The second-order valence-electron chi connectivity index (χ2n) is 9.06. The summed E-state index contributed by atoms with van der Waals surface area (Å²) in [7, 11) is 0. The highest BCUT2D eigenvalue weighted by molar-refractivity contribution is 6.19. The Morgan fingerprint density at radius 2 is 1.41 bits per heavy atom. The summed E-state index contributed by atoms with van der Waals surface area (Å²) >= 11 is 0. The SMILES string of the molecule is CC(C)CCC(=O)C[C@@H](CCC(C)C)C(O)=C(C(=O)O)C(CC(C)C)=NCCO. The number of carbonyl (C=O) groups excluding carboxylic acids is 1. The Labute approximate surface area is 176 Å². The monoisotopic (exact) mass is 411 g/mol. The number of carbonyl (C=O) groups is 2. The van der Waals surface area contributed by atoms with Crippen LogP contribution in [-0.2, 0) is 9.59 Å². The molecule has 0 fully saturated rings. The zero-order valence-electron chi connectivity index (χ0n) is 19.1. The van der Waals surface area contributed by atoms with Gasteiger partial charge < -0.3 is 15.3 Å². The third kappa shape index (κ3) is 11.8. The van der Waals surface area contributed by atoms with E-state index in [-0.39, 0.29) is 48.3 Å². The van der Waals surface area contributed by atoms with Crippen LogP contribution in [0.4, 0.5) is 0 Å². The first kappa shape index (κ1) is 27.3. The Bertz CT molecular complexity index is 576. The third-order valence-corrected chi connectivity index (χ3v) is 4.72. The van der Waals surface area contributed by atoms with Crippen molar-refractivity contribution in [3.05, 3.63) is 11.3 Å². The summed E-state index contributed by atoms with van der Waals surface area (Å²) in [6.07, 6.45) is 3.06. The summed E-state index contributed by atoms with van der Waals surface area (Å²) < 4.78 is 0. The van der Waals surface area contributed by atoms with Crippen molar-refractivity contribution in [2.75, 3.05) is 13.2 Å². The Balaban J connectivity index is 5.94. The lowest BCUT2D eigenvalue weighted by atomic mass is 9.86. The highest BCUT2D eigenvalue weighted by Gasteiger charge is 2.28. The van der Waals surface area contributed by atoms with Gasteiger partial charge in [0, 0.05) is 18.8 Å². The number of nitrogens with zero attached hydrogens (tertiary/aromatic N) is 1. The molecular formula is C23H41NO5. The number of ketones is 1. The molecule has 0 spiro atoms. The summed E-state index contributed by atoms with van der Waals surface area (Å²) in [4.78, 5) is 28.7. The van der Waals surface area contributed by atoms with E-state index in [1.165, 1.54) is 0 Å². The van der Waals surface area contributed by atoms with Crippen LogP contribution >= 0.6 is 0 Å². The minimum atomic E-state index is -1.25. The van der Waals surface area contributed by atoms with E-state index in [0.717, 1.165) is 12.8 Å². The van der Waals surface area contributed by atoms with Gasteiger partial charge in [-0.1, -0.05) is 48.0 Å². The summed E-state index contributed by atoms with van der Waals surface area (Å²) in [5.41, 5.74) is 0.0702. The number of aliphatic carboxylic acids is 1. The molecule has 0 amide bonds. The molecule has 3 N–H and O–H groups in total. The molecule has 0 unspecified atom stereocenters. The van der Waals surface area contributed by atoms with Gasteiger partial charge in [-0.3, -0.25) is 9.79 Å². The number of hydrogen-bond donors (Lipinski definition) is 3. The second-order valence-corrected chi connectivity index (χ2v) is 9.06. The van der Waals surface area contributed by atoms with Crippen molar-refractivity contribution in [1.82, 2.24) is 0 Å². The molecule has 0 aliphatic heterocycles. The van der Waals surface area contributed by atoms with Crippen LogP contribution in [0, 0.1) is 23.7 Å². The quantitative estimate of drug-likeness (QED) is 0.204. The van der Waals surface area contributed by atoms with Gasteiger partial charge in [0.25, 0.3) is 0 Å². The molecule has 0 bridgehead atoms. The van der Waals surface area contributed by atoms with Gasteiger partial charge in [-0.2, -0.15) is 0 Å². The van der Waals surface area contributed by atoms with E-state index < -0.39 is 11.9 Å². The maximum Gasteiger partial charge on any atom is 0.340 e. The predicted molar refractivity (Wildman–Crippen MR) is 117 cm³/mol. The van der Waals surface area contributed by atoms with Crippen LogP contribution in [0.25, 0.3) is 0 Å². The van der Waals surface area contributed by atoms with E-state index in [1.54, 1.807) is 0 Å². The molecule has 6 nitrogen and oxygen atoms in total. The molecule has 29 heavy (non-hydrogen) atoms. The van der Waals surface area contributed by atoms with Crippen LogP contribution in [0.2, 0.25) is 0 Å². The molecule has 0 aromatic carbocycles. The van der Waals surface area contributed by atoms with Gasteiger partial charge >= 0.3 is 5.97 Å². The van der Waals surface area contributed by atoms with Crippen LogP contribution in [0.5, 0.6) is 0 Å². The Morgan fingerprint density at radius 1 is 0.828 bits per heavy atom. The van der Waals surface area contributed by atoms with Crippen molar-refractivity contribution in [3.8, 4) is 0 Å². The number of Topliss-reactive ketones (excluding diaryl/α,β-unsaturated/α-hetero) is 1. The van der Waals surface area contributed by atoms with E-state index in [4.69, 9.17) is 5.11 Å². The highest BCUT2D eigenvalue weighted by atomic mass is 16.4. The summed E-state index contributed by atoms with van der Waals surface area (Å²) in [5, 5.41) is 29.9. The van der Waals surface area contributed by atoms with Crippen molar-refractivity contribution >= 4 is 17.5 Å². The maximum absolute atomic E-state index is 12.5. The van der Waals surface area contributed by atoms with Crippen molar-refractivity contribution < 1.29 is 24.9 Å². The van der Waals surface area contributed by atoms with Crippen LogP contribution in [0.3, 0.4) is 0 Å². The minimum absolute atomic E-state index is 0.0430. The Kier molecular flexibility index (Phi) is 13.5. The molecule has 0 aliphatic rings. The van der Waals surface area contributed by atoms with Crippen LogP contribution in [0.1, 0.15) is 80.1 Å². The fourth-order valence-corrected chi connectivity index (χ4v) is 3.10. The van der Waals surface area contributed by atoms with E-state index in [9.17, 15) is 19.8 Å². The van der Waals surface area contributed by atoms with Gasteiger partial charge in [-0.15, -0.1) is 0 Å². The largest absolute Gasteiger partial charge is 0.511 e. The van der Waals surface area contributed by atoms with Crippen LogP contribution in [0.15, 0.2) is 16.3 Å². The smallest absolute Gasteiger partial charge is 0.340 e. The topological polar surface area (TPSA) is 107 Å². The van der Waals surface area contributed by atoms with E-state index in [0.29, 0.717) is 31.1 Å². The average Bonchev–Trinajstić information content (AvgIpc) is 2.60. The normalized spacial score (nSPS) is 14.5. The number of hydrogen-bond acceptors (Lipinski definition) is 5. The zero-order valence-corrected chi connectivity index (χ0v) is 19.1. The zero-order chi connectivity index (χ0) is 22.6. The number of allylic oxidation sites excluding steroid dienone is 1. The van der Waals surface area contributed by atoms with Crippen LogP contribution < -0.4 is 0 Å². The Morgan fingerprint density at radius 3 is 1.86 bits per heavy atom. The number of carboxylic acid groups (broad SMARTS) is 1. The molecule has 6 heteroatoms. The lowest BCUT2D eigenvalue weighted by Crippen LogP contribution is -2.23. The molecule has 0 aromatic rings. The summed E-state index contributed by atoms with van der Waals surface area (Å²) in [6, 6.07) is 0. The number of rotatable bonds is 15. The number of aliphatic hydroxyl groups is 2. The van der Waals surface area contributed by atoms with Gasteiger partial charge in [-0.25, -0.2) is 4.79 Å². The molecular weight excluding hydrogens is 370 g/mol. The molecule has 0 aromatic heterocycles. The average molecular weight is 412 g/mol. The molecule has 0 saturated carbocycles. The molecule has 0 radical (unpaired) electrons. The third-order valence-electron chi connectivity index (χ3n) is 4.72. The van der Waals surface area contributed by atoms with E-state index >= 15 is 0 Å². The van der Waals surface area contributed by atoms with Gasteiger partial charge in [0.05, 0.1) is 18.9 Å². The molecule has 0 aliphatic carbocycles. The molecule has 168 valence electrons. The maximum atomic E-state index is 12.5. The van der Waals surface area contributed by atoms with Crippen molar-refractivity contribution in [1.29, 1.82) is 0 Å². The van der Waals surface area contributed by atoms with Crippen molar-refractivity contribution in [2.45, 2.75) is 80.1 Å². The lowest BCUT2D eigenvalue weighted by molar-refractivity contribution is -0.132. The van der Waals surface area contributed by atoms with E-state index in [2.05, 4.69) is 32.7 Å². The molecule has 1 atom stereocenters. The Hall–Kier alpha value is -1.69. The van der Waals surface area contributed by atoms with E-state index in [1.807, 2.05) is 13.8 Å². The fraction of sp³-hybridized carbons (Fsp3) is 0.783. The minimum Gasteiger partial charge on any atom is -0.511 e. The standard InChI is InChI=1S/C23H41NO5/c1-15(2)7-9-18(14-19(26)10-8-16(3)4)22(27)21(23(28)29)20(13-17(5)6)24-11-12-25/h15-18,25,27H,7-14H2,1-6H3,(H,28,29)/t18-/m1/s1. The number of aliphatic hydroxyl groups excluding tert-OH is 2. The van der Waals surface area contributed by atoms with Crippen molar-refractivity contribution in [2.24, 2.45) is 28.7 Å². The number of carboxylic acids is 1. The number of aliphatic imine (C=N–C) groups is 1. The van der Waals surface area contributed by atoms with Gasteiger partial charge in [0.15, 0.2) is 0 Å². The van der Waals surface area contributed by atoms with Gasteiger partial charge in [0.2, 0.25) is 0 Å². The van der Waals surface area contributed by atoms with Gasteiger partial charge in [0.1, 0.15) is 17.1 Å². The molecule has 0 rings (SSSR count). The van der Waals surface area contributed by atoms with Crippen LogP contribution in [-0.4, -0.2) is 45.9 Å². The first-order valence-electron chi connectivity index (χ1n) is 10.8. The highest BCUT2D eigenvalue weighted by Crippen LogP contribution is 2.27. The molecule has 0 heterocycles. The lowest BCUT2D eigenvalue weighted by Gasteiger charge is -2.21. The van der Waals surface area contributed by atoms with Gasteiger partial charge in [-0.05, 0) is 37.0 Å². The van der Waals surface area contributed by atoms with Crippen molar-refractivity contribution in [3.63, 3.8) is 0 Å².